The Hall–Kier alpha value is -3.75. The molecule has 158 valence electrons. The first-order valence-electron chi connectivity index (χ1n) is 9.13. The van der Waals surface area contributed by atoms with Crippen LogP contribution in [-0.2, 0) is 11.3 Å². The van der Waals surface area contributed by atoms with E-state index in [2.05, 4.69) is 15.5 Å². The van der Waals surface area contributed by atoms with Gasteiger partial charge in [-0.3, -0.25) is 4.79 Å². The van der Waals surface area contributed by atoms with Gasteiger partial charge in [-0.1, -0.05) is 17.3 Å². The van der Waals surface area contributed by atoms with Gasteiger partial charge in [0, 0.05) is 19.0 Å². The smallest absolute Gasteiger partial charge is 0.258 e. The molecule has 0 saturated carbocycles. The molecule has 0 aliphatic carbocycles. The number of rotatable bonds is 9. The van der Waals surface area contributed by atoms with Gasteiger partial charge in [-0.05, 0) is 29.8 Å². The fourth-order valence-electron chi connectivity index (χ4n) is 2.78. The number of aryl methyl sites for hydroxylation is 1. The molecule has 9 nitrogen and oxygen atoms in total. The van der Waals surface area contributed by atoms with E-state index in [1.807, 2.05) is 6.07 Å². The molecule has 3 aromatic rings. The Labute approximate surface area is 173 Å². The van der Waals surface area contributed by atoms with Crippen LogP contribution in [0.1, 0.15) is 11.5 Å². The minimum atomic E-state index is -0.274. The highest BCUT2D eigenvalue weighted by molar-refractivity contribution is 5.77. The van der Waals surface area contributed by atoms with E-state index in [9.17, 15) is 4.79 Å². The molecule has 0 aliphatic heterocycles. The Morgan fingerprint density at radius 1 is 1.07 bits per heavy atom. The van der Waals surface area contributed by atoms with Gasteiger partial charge in [-0.25, -0.2) is 0 Å². The highest BCUT2D eigenvalue weighted by Gasteiger charge is 2.14. The average Bonchev–Trinajstić information content (AvgIpc) is 3.21. The monoisotopic (exact) mass is 413 g/mol. The first-order chi connectivity index (χ1) is 14.5. The summed E-state index contributed by atoms with van der Waals surface area (Å²) in [4.78, 5) is 16.4. The van der Waals surface area contributed by atoms with Crippen molar-refractivity contribution in [2.45, 2.75) is 13.5 Å². The fraction of sp³-hybridized carbons (Fsp3) is 0.286. The summed E-state index contributed by atoms with van der Waals surface area (Å²) in [5.41, 5.74) is 1.54. The van der Waals surface area contributed by atoms with Crippen LogP contribution in [-0.4, -0.2) is 44.0 Å². The molecule has 0 fully saturated rings. The van der Waals surface area contributed by atoms with Gasteiger partial charge in [0.25, 0.3) is 5.91 Å². The molecule has 0 atom stereocenters. The highest BCUT2D eigenvalue weighted by atomic mass is 16.5. The minimum absolute atomic E-state index is 0.140. The van der Waals surface area contributed by atoms with Crippen LogP contribution in [0.25, 0.3) is 11.4 Å². The summed E-state index contributed by atoms with van der Waals surface area (Å²) in [6.07, 6.45) is 0. The van der Waals surface area contributed by atoms with Crippen molar-refractivity contribution in [3.05, 3.63) is 47.9 Å². The van der Waals surface area contributed by atoms with Crippen molar-refractivity contribution < 1.29 is 28.3 Å². The molecule has 1 aromatic heterocycles. The first-order valence-corrected chi connectivity index (χ1v) is 9.13. The van der Waals surface area contributed by atoms with Crippen molar-refractivity contribution >= 4 is 5.91 Å². The fourth-order valence-corrected chi connectivity index (χ4v) is 2.78. The molecule has 1 N–H and O–H groups in total. The Morgan fingerprint density at radius 3 is 2.40 bits per heavy atom. The van der Waals surface area contributed by atoms with E-state index >= 15 is 0 Å². The molecule has 0 saturated heterocycles. The number of carbonyl (C=O) groups excluding carboxylic acids is 1. The zero-order valence-electron chi connectivity index (χ0n) is 17.2. The maximum atomic E-state index is 12.2. The maximum absolute atomic E-state index is 12.2. The summed E-state index contributed by atoms with van der Waals surface area (Å²) in [6, 6.07) is 10.7. The SMILES string of the molecule is COc1cc(CNC(=O)COc2cccc(-c3noc(C)n3)c2)cc(OC)c1OC. The number of benzene rings is 2. The maximum Gasteiger partial charge on any atom is 0.258 e. The molecule has 1 amide bonds. The molecule has 9 heteroatoms. The lowest BCUT2D eigenvalue weighted by Gasteiger charge is -2.14. The number of carbonyl (C=O) groups is 1. The number of amides is 1. The second-order valence-corrected chi connectivity index (χ2v) is 6.26. The second kappa shape index (κ2) is 9.64. The highest BCUT2D eigenvalue weighted by Crippen LogP contribution is 2.38. The molecule has 3 rings (SSSR count). The van der Waals surface area contributed by atoms with Gasteiger partial charge in [0.15, 0.2) is 18.1 Å². The summed E-state index contributed by atoms with van der Waals surface area (Å²) in [6.45, 7) is 1.86. The molecule has 0 unspecified atom stereocenters. The molecular formula is C21H23N3O6. The zero-order chi connectivity index (χ0) is 21.5. The number of hydrogen-bond donors (Lipinski definition) is 1. The summed E-state index contributed by atoms with van der Waals surface area (Å²) in [7, 11) is 4.61. The summed E-state index contributed by atoms with van der Waals surface area (Å²) in [5.74, 6) is 2.72. The molecule has 1 heterocycles. The number of hydrogen-bond acceptors (Lipinski definition) is 8. The van der Waals surface area contributed by atoms with Crippen LogP contribution in [0.2, 0.25) is 0 Å². The number of ether oxygens (including phenoxy) is 4. The van der Waals surface area contributed by atoms with Crippen molar-refractivity contribution in [3.8, 4) is 34.4 Å². The Morgan fingerprint density at radius 2 is 1.80 bits per heavy atom. The zero-order valence-corrected chi connectivity index (χ0v) is 17.2. The van der Waals surface area contributed by atoms with Gasteiger partial charge in [-0.15, -0.1) is 0 Å². The lowest BCUT2D eigenvalue weighted by molar-refractivity contribution is -0.123. The molecule has 2 aromatic carbocycles. The summed E-state index contributed by atoms with van der Waals surface area (Å²) >= 11 is 0. The van der Waals surface area contributed by atoms with Crippen molar-refractivity contribution in [2.24, 2.45) is 0 Å². The Bertz CT molecular complexity index is 992. The lowest BCUT2D eigenvalue weighted by atomic mass is 10.1. The van der Waals surface area contributed by atoms with E-state index in [1.165, 1.54) is 21.3 Å². The predicted molar refractivity (Wildman–Crippen MR) is 108 cm³/mol. The van der Waals surface area contributed by atoms with E-state index < -0.39 is 0 Å². The van der Waals surface area contributed by atoms with Crippen LogP contribution >= 0.6 is 0 Å². The number of nitrogens with one attached hydrogen (secondary N) is 1. The average molecular weight is 413 g/mol. The predicted octanol–water partition coefficient (Wildman–Crippen LogP) is 2.77. The van der Waals surface area contributed by atoms with Crippen molar-refractivity contribution in [1.29, 1.82) is 0 Å². The van der Waals surface area contributed by atoms with E-state index in [-0.39, 0.29) is 19.1 Å². The number of nitrogens with zero attached hydrogens (tertiary/aromatic N) is 2. The molecule has 0 bridgehead atoms. The molecule has 0 spiro atoms. The van der Waals surface area contributed by atoms with Crippen molar-refractivity contribution in [2.75, 3.05) is 27.9 Å². The summed E-state index contributed by atoms with van der Waals surface area (Å²) in [5, 5.41) is 6.68. The van der Waals surface area contributed by atoms with E-state index in [0.717, 1.165) is 11.1 Å². The second-order valence-electron chi connectivity index (χ2n) is 6.26. The van der Waals surface area contributed by atoms with Crippen LogP contribution in [0.3, 0.4) is 0 Å². The van der Waals surface area contributed by atoms with Gasteiger partial charge < -0.3 is 28.8 Å². The topological polar surface area (TPSA) is 105 Å². The lowest BCUT2D eigenvalue weighted by Crippen LogP contribution is -2.28. The Balaban J connectivity index is 1.58. The van der Waals surface area contributed by atoms with Gasteiger partial charge in [0.2, 0.25) is 17.5 Å². The van der Waals surface area contributed by atoms with Crippen LogP contribution in [0.15, 0.2) is 40.9 Å². The van der Waals surface area contributed by atoms with E-state index in [4.69, 9.17) is 23.5 Å². The van der Waals surface area contributed by atoms with Gasteiger partial charge in [-0.2, -0.15) is 4.98 Å². The largest absolute Gasteiger partial charge is 0.493 e. The van der Waals surface area contributed by atoms with Crippen molar-refractivity contribution in [1.82, 2.24) is 15.5 Å². The molecule has 0 aliphatic rings. The molecule has 0 radical (unpaired) electrons. The number of methoxy groups -OCH3 is 3. The van der Waals surface area contributed by atoms with Crippen LogP contribution in [0.4, 0.5) is 0 Å². The third-order valence-corrected chi connectivity index (χ3v) is 4.20. The minimum Gasteiger partial charge on any atom is -0.493 e. The third kappa shape index (κ3) is 4.99. The third-order valence-electron chi connectivity index (χ3n) is 4.20. The summed E-state index contributed by atoms with van der Waals surface area (Å²) < 4.78 is 26.5. The van der Waals surface area contributed by atoms with Crippen molar-refractivity contribution in [3.63, 3.8) is 0 Å². The van der Waals surface area contributed by atoms with Gasteiger partial charge in [0.05, 0.1) is 21.3 Å². The Kier molecular flexibility index (Phi) is 6.74. The quantitative estimate of drug-likeness (QED) is 0.571. The van der Waals surface area contributed by atoms with Crippen LogP contribution in [0, 0.1) is 6.92 Å². The first kappa shape index (κ1) is 21.0. The number of aromatic nitrogens is 2. The standard InChI is InChI=1S/C21H23N3O6/c1-13-23-21(24-30-13)15-6-5-7-16(10-15)29-12-19(25)22-11-14-8-17(26-2)20(28-4)18(9-14)27-3/h5-10H,11-12H2,1-4H3,(H,22,25). The normalized spacial score (nSPS) is 10.4. The van der Waals surface area contributed by atoms with Gasteiger partial charge >= 0.3 is 0 Å². The van der Waals surface area contributed by atoms with E-state index in [0.29, 0.717) is 34.7 Å². The van der Waals surface area contributed by atoms with E-state index in [1.54, 1.807) is 37.3 Å². The molecular weight excluding hydrogens is 390 g/mol. The van der Waals surface area contributed by atoms with Crippen LogP contribution in [0.5, 0.6) is 23.0 Å². The molecule has 30 heavy (non-hydrogen) atoms. The van der Waals surface area contributed by atoms with Gasteiger partial charge in [0.1, 0.15) is 5.75 Å². The van der Waals surface area contributed by atoms with Crippen LogP contribution < -0.4 is 24.3 Å².